The van der Waals surface area contributed by atoms with Gasteiger partial charge in [0.05, 0.1) is 11.6 Å². The molecule has 0 spiro atoms. The lowest BCUT2D eigenvalue weighted by atomic mass is 10.1. The van der Waals surface area contributed by atoms with Crippen molar-refractivity contribution in [1.29, 1.82) is 0 Å². The van der Waals surface area contributed by atoms with Crippen molar-refractivity contribution in [2.24, 2.45) is 5.92 Å². The van der Waals surface area contributed by atoms with Gasteiger partial charge in [0.1, 0.15) is 0 Å². The van der Waals surface area contributed by atoms with Gasteiger partial charge in [0.25, 0.3) is 0 Å². The molecule has 0 aromatic heterocycles. The quantitative estimate of drug-likeness (QED) is 0.837. The number of carbonyl (C=O) groups excluding carboxylic acids is 2. The normalized spacial score (nSPS) is 27.8. The molecule has 0 radical (unpaired) electrons. The molecule has 1 saturated heterocycles. The SMILES string of the molecule is CC1CCN(C(=O)C2CC(=O)N(C3CC3)C2)c2ccccc2S1. The highest BCUT2D eigenvalue weighted by Crippen LogP contribution is 2.39. The van der Waals surface area contributed by atoms with E-state index in [-0.39, 0.29) is 17.7 Å². The van der Waals surface area contributed by atoms with E-state index in [4.69, 9.17) is 0 Å². The Bertz CT molecular complexity index is 644. The van der Waals surface area contributed by atoms with Crippen LogP contribution in [0.5, 0.6) is 0 Å². The largest absolute Gasteiger partial charge is 0.339 e. The smallest absolute Gasteiger partial charge is 0.232 e. The maximum Gasteiger partial charge on any atom is 0.232 e. The van der Waals surface area contributed by atoms with E-state index in [1.165, 1.54) is 4.90 Å². The number of rotatable bonds is 2. The lowest BCUT2D eigenvalue weighted by Crippen LogP contribution is -2.38. The van der Waals surface area contributed by atoms with Gasteiger partial charge in [0.2, 0.25) is 11.8 Å². The van der Waals surface area contributed by atoms with E-state index >= 15 is 0 Å². The minimum Gasteiger partial charge on any atom is -0.339 e. The number of anilines is 1. The zero-order valence-electron chi connectivity index (χ0n) is 13.4. The molecule has 0 bridgehead atoms. The molecule has 4 rings (SSSR count). The van der Waals surface area contributed by atoms with Gasteiger partial charge >= 0.3 is 0 Å². The van der Waals surface area contributed by atoms with E-state index in [9.17, 15) is 9.59 Å². The standard InChI is InChI=1S/C18H22N2O2S/c1-12-8-9-19(15-4-2-3-5-16(15)23-12)18(22)13-10-17(21)20(11-13)14-6-7-14/h2-5,12-14H,6-11H2,1H3. The zero-order chi connectivity index (χ0) is 16.0. The molecule has 1 aliphatic carbocycles. The van der Waals surface area contributed by atoms with Crippen LogP contribution in [0.1, 0.15) is 32.6 Å². The molecule has 23 heavy (non-hydrogen) atoms. The summed E-state index contributed by atoms with van der Waals surface area (Å²) in [7, 11) is 0. The third-order valence-corrected chi connectivity index (χ3v) is 6.24. The van der Waals surface area contributed by atoms with Crippen molar-refractivity contribution in [2.75, 3.05) is 18.0 Å². The van der Waals surface area contributed by atoms with Crippen LogP contribution in [0.25, 0.3) is 0 Å². The fourth-order valence-corrected chi connectivity index (χ4v) is 4.69. The Labute approximate surface area is 141 Å². The molecule has 2 aliphatic heterocycles. The van der Waals surface area contributed by atoms with E-state index in [0.717, 1.165) is 31.5 Å². The van der Waals surface area contributed by atoms with E-state index in [2.05, 4.69) is 13.0 Å². The second kappa shape index (κ2) is 5.86. The molecule has 2 atom stereocenters. The van der Waals surface area contributed by atoms with Crippen molar-refractivity contribution in [3.8, 4) is 0 Å². The Kier molecular flexibility index (Phi) is 3.84. The monoisotopic (exact) mass is 330 g/mol. The molecule has 3 aliphatic rings. The first kappa shape index (κ1) is 15.1. The number of benzene rings is 1. The number of hydrogen-bond donors (Lipinski definition) is 0. The Morgan fingerprint density at radius 1 is 1.22 bits per heavy atom. The van der Waals surface area contributed by atoms with Crippen molar-refractivity contribution < 1.29 is 9.59 Å². The topological polar surface area (TPSA) is 40.6 Å². The van der Waals surface area contributed by atoms with Gasteiger partial charge in [0.15, 0.2) is 0 Å². The van der Waals surface area contributed by atoms with Crippen LogP contribution < -0.4 is 4.90 Å². The summed E-state index contributed by atoms with van der Waals surface area (Å²) in [4.78, 5) is 30.3. The number of nitrogens with zero attached hydrogens (tertiary/aromatic N) is 2. The van der Waals surface area contributed by atoms with Gasteiger partial charge in [-0.1, -0.05) is 19.1 Å². The fourth-order valence-electron chi connectivity index (χ4n) is 3.57. The number of amides is 2. The summed E-state index contributed by atoms with van der Waals surface area (Å²) in [6, 6.07) is 8.56. The van der Waals surface area contributed by atoms with Crippen LogP contribution in [0.3, 0.4) is 0 Å². The second-order valence-electron chi connectivity index (χ2n) is 6.85. The van der Waals surface area contributed by atoms with Crippen molar-refractivity contribution in [3.63, 3.8) is 0 Å². The van der Waals surface area contributed by atoms with E-state index in [1.54, 1.807) is 0 Å². The molecule has 2 amide bonds. The predicted octanol–water partition coefficient (Wildman–Crippen LogP) is 2.91. The van der Waals surface area contributed by atoms with Crippen LogP contribution in [0.4, 0.5) is 5.69 Å². The van der Waals surface area contributed by atoms with Gasteiger partial charge in [-0.05, 0) is 31.4 Å². The summed E-state index contributed by atoms with van der Waals surface area (Å²) in [5.74, 6) is 0.120. The van der Waals surface area contributed by atoms with E-state index in [1.807, 2.05) is 39.8 Å². The van der Waals surface area contributed by atoms with Gasteiger partial charge < -0.3 is 9.80 Å². The molecule has 4 nitrogen and oxygen atoms in total. The number of para-hydroxylation sites is 1. The molecular weight excluding hydrogens is 308 g/mol. The molecule has 2 heterocycles. The fraction of sp³-hybridized carbons (Fsp3) is 0.556. The van der Waals surface area contributed by atoms with Gasteiger partial charge in [-0.3, -0.25) is 9.59 Å². The maximum absolute atomic E-state index is 13.1. The summed E-state index contributed by atoms with van der Waals surface area (Å²) in [6.45, 7) is 3.57. The number of likely N-dealkylation sites (tertiary alicyclic amines) is 1. The molecule has 1 saturated carbocycles. The van der Waals surface area contributed by atoms with Gasteiger partial charge in [-0.25, -0.2) is 0 Å². The highest BCUT2D eigenvalue weighted by molar-refractivity contribution is 8.00. The third-order valence-electron chi connectivity index (χ3n) is 5.00. The second-order valence-corrected chi connectivity index (χ2v) is 8.33. The lowest BCUT2D eigenvalue weighted by molar-refractivity contribution is -0.128. The number of hydrogen-bond acceptors (Lipinski definition) is 3. The summed E-state index contributed by atoms with van der Waals surface area (Å²) in [5, 5.41) is 0.502. The molecule has 1 aromatic rings. The summed E-state index contributed by atoms with van der Waals surface area (Å²) in [6.07, 6.45) is 3.58. The van der Waals surface area contributed by atoms with E-state index < -0.39 is 0 Å². The van der Waals surface area contributed by atoms with Crippen LogP contribution in [-0.4, -0.2) is 41.1 Å². The average Bonchev–Trinajstić information content (AvgIpc) is 3.32. The number of thioether (sulfide) groups is 1. The zero-order valence-corrected chi connectivity index (χ0v) is 14.2. The summed E-state index contributed by atoms with van der Waals surface area (Å²) < 4.78 is 0. The lowest BCUT2D eigenvalue weighted by Gasteiger charge is -2.25. The summed E-state index contributed by atoms with van der Waals surface area (Å²) in [5.41, 5.74) is 1.02. The molecular formula is C18H22N2O2S. The Morgan fingerprint density at radius 3 is 2.78 bits per heavy atom. The first-order valence-electron chi connectivity index (χ1n) is 8.50. The molecule has 2 fully saturated rings. The Morgan fingerprint density at radius 2 is 2.00 bits per heavy atom. The van der Waals surface area contributed by atoms with Crippen LogP contribution in [0, 0.1) is 5.92 Å². The minimum atomic E-state index is -0.172. The highest BCUT2D eigenvalue weighted by Gasteiger charge is 2.43. The van der Waals surface area contributed by atoms with Crippen LogP contribution >= 0.6 is 11.8 Å². The number of carbonyl (C=O) groups is 2. The van der Waals surface area contributed by atoms with Gasteiger partial charge in [0, 0.05) is 35.7 Å². The molecule has 122 valence electrons. The first-order valence-corrected chi connectivity index (χ1v) is 9.38. The highest BCUT2D eigenvalue weighted by atomic mass is 32.2. The van der Waals surface area contributed by atoms with Crippen LogP contribution in [0.2, 0.25) is 0 Å². The molecule has 1 aromatic carbocycles. The third kappa shape index (κ3) is 2.87. The average molecular weight is 330 g/mol. The molecule has 0 N–H and O–H groups in total. The minimum absolute atomic E-state index is 0.128. The van der Waals surface area contributed by atoms with Crippen molar-refractivity contribution >= 4 is 29.3 Å². The number of fused-ring (bicyclic) bond motifs is 1. The van der Waals surface area contributed by atoms with Gasteiger partial charge in [-0.2, -0.15) is 0 Å². The predicted molar refractivity (Wildman–Crippen MR) is 91.6 cm³/mol. The van der Waals surface area contributed by atoms with Crippen molar-refractivity contribution in [1.82, 2.24) is 4.90 Å². The van der Waals surface area contributed by atoms with Gasteiger partial charge in [-0.15, -0.1) is 11.8 Å². The van der Waals surface area contributed by atoms with Crippen molar-refractivity contribution in [3.05, 3.63) is 24.3 Å². The Balaban J connectivity index is 1.57. The van der Waals surface area contributed by atoms with E-state index in [0.29, 0.717) is 24.3 Å². The molecule has 5 heteroatoms. The Hall–Kier alpha value is -1.49. The summed E-state index contributed by atoms with van der Waals surface area (Å²) >= 11 is 1.84. The maximum atomic E-state index is 13.1. The van der Waals surface area contributed by atoms with Crippen LogP contribution in [0.15, 0.2) is 29.2 Å². The molecule has 2 unspecified atom stereocenters. The van der Waals surface area contributed by atoms with Crippen LogP contribution in [-0.2, 0) is 9.59 Å². The van der Waals surface area contributed by atoms with Crippen molar-refractivity contribution in [2.45, 2.75) is 48.8 Å². The first-order chi connectivity index (χ1) is 11.1.